The summed E-state index contributed by atoms with van der Waals surface area (Å²) in [7, 11) is 1.97. The molecule has 6 nitrogen and oxygen atoms in total. The van der Waals surface area contributed by atoms with Crippen molar-refractivity contribution in [1.29, 1.82) is 0 Å². The summed E-state index contributed by atoms with van der Waals surface area (Å²) in [5.74, 6) is 2.54. The zero-order valence-electron chi connectivity index (χ0n) is 21.1. The molecule has 8 heteroatoms. The van der Waals surface area contributed by atoms with Crippen LogP contribution in [0.1, 0.15) is 29.5 Å². The van der Waals surface area contributed by atoms with E-state index >= 15 is 0 Å². The number of hydrogen-bond acceptors (Lipinski definition) is 6. The van der Waals surface area contributed by atoms with Gasteiger partial charge in [0.05, 0.1) is 13.1 Å². The van der Waals surface area contributed by atoms with Gasteiger partial charge in [0.2, 0.25) is 5.91 Å². The van der Waals surface area contributed by atoms with Gasteiger partial charge in [-0.1, -0.05) is 29.4 Å². The second kappa shape index (κ2) is 13.3. The Labute approximate surface area is 222 Å². The third-order valence-corrected chi connectivity index (χ3v) is 9.08. The minimum atomic E-state index is -0.667. The highest BCUT2D eigenvalue weighted by molar-refractivity contribution is 8.02. The van der Waals surface area contributed by atoms with E-state index in [2.05, 4.69) is 64.4 Å². The van der Waals surface area contributed by atoms with Crippen molar-refractivity contribution in [2.45, 2.75) is 31.4 Å². The summed E-state index contributed by atoms with van der Waals surface area (Å²) in [5.41, 5.74) is 6.00. The highest BCUT2D eigenvalue weighted by Gasteiger charge is 2.22. The first-order valence-corrected chi connectivity index (χ1v) is 15.1. The number of carbonyl (C=O) groups is 1. The number of likely N-dealkylation sites (N-methyl/N-ethyl adjacent to an activating group) is 1. The predicted molar refractivity (Wildman–Crippen MR) is 155 cm³/mol. The van der Waals surface area contributed by atoms with Gasteiger partial charge in [0, 0.05) is 47.6 Å². The van der Waals surface area contributed by atoms with E-state index in [0.717, 1.165) is 73.3 Å². The number of aliphatic imine (C=N–C) groups is 1. The van der Waals surface area contributed by atoms with Crippen LogP contribution in [-0.2, 0) is 34.6 Å². The number of anilines is 2. The van der Waals surface area contributed by atoms with Crippen LogP contribution in [0.4, 0.5) is 11.4 Å². The van der Waals surface area contributed by atoms with Gasteiger partial charge in [0.15, 0.2) is 0 Å². The van der Waals surface area contributed by atoms with Crippen LogP contribution in [0.15, 0.2) is 58.6 Å². The lowest BCUT2D eigenvalue weighted by Crippen LogP contribution is -2.40. The van der Waals surface area contributed by atoms with Crippen LogP contribution in [0.2, 0.25) is 0 Å². The van der Waals surface area contributed by atoms with Crippen molar-refractivity contribution in [1.82, 2.24) is 5.32 Å². The molecule has 0 saturated carbocycles. The summed E-state index contributed by atoms with van der Waals surface area (Å²) in [4.78, 5) is 21.8. The normalized spacial score (nSPS) is 17.2. The fourth-order valence-corrected chi connectivity index (χ4v) is 6.75. The Morgan fingerprint density at radius 1 is 1.14 bits per heavy atom. The van der Waals surface area contributed by atoms with Gasteiger partial charge in [-0.05, 0) is 74.1 Å². The van der Waals surface area contributed by atoms with Gasteiger partial charge < -0.3 is 19.7 Å². The number of nitrogens with one attached hydrogen (secondary N) is 1. The Kier molecular flexibility index (Phi) is 9.92. The first-order valence-electron chi connectivity index (χ1n) is 12.6. The second-order valence-corrected chi connectivity index (χ2v) is 12.0. The molecule has 2 aromatic rings. The molecule has 0 radical (unpaired) electrons. The third-order valence-electron chi connectivity index (χ3n) is 6.73. The highest BCUT2D eigenvalue weighted by atomic mass is 32.2. The molecule has 4 rings (SSSR count). The molecule has 2 aromatic carbocycles. The first-order chi connectivity index (χ1) is 17.6. The van der Waals surface area contributed by atoms with Gasteiger partial charge in [0.1, 0.15) is 11.5 Å². The van der Waals surface area contributed by atoms with Crippen LogP contribution >= 0.6 is 11.8 Å². The van der Waals surface area contributed by atoms with E-state index in [-0.39, 0.29) is 5.91 Å². The monoisotopic (exact) mass is 524 g/mol. The van der Waals surface area contributed by atoms with Crippen molar-refractivity contribution in [3.63, 3.8) is 0 Å². The number of allylic oxidation sites excluding steroid dienone is 1. The molecule has 0 unspecified atom stereocenters. The molecule has 0 bridgehead atoms. The predicted octanol–water partition coefficient (Wildman–Crippen LogP) is 4.16. The van der Waals surface area contributed by atoms with Crippen molar-refractivity contribution in [3.05, 3.63) is 70.3 Å². The zero-order valence-corrected chi connectivity index (χ0v) is 22.7. The van der Waals surface area contributed by atoms with Gasteiger partial charge in [0.25, 0.3) is 0 Å². The number of rotatable bonds is 11. The molecular formula is C28H36N4O2S2. The summed E-state index contributed by atoms with van der Waals surface area (Å²) in [6, 6.07) is 15.1. The molecule has 0 aliphatic carbocycles. The number of nitrogens with zero attached hydrogens (tertiary/aromatic N) is 3. The van der Waals surface area contributed by atoms with E-state index < -0.39 is 11.2 Å². The van der Waals surface area contributed by atoms with Crippen molar-refractivity contribution < 1.29 is 9.35 Å². The van der Waals surface area contributed by atoms with E-state index in [0.29, 0.717) is 6.42 Å². The minimum Gasteiger partial charge on any atom is -0.616 e. The largest absolute Gasteiger partial charge is 0.616 e. The molecule has 0 atom stereocenters. The SMILES string of the molecule is C=N/C=C(/Cc1ccc(N2CC[S+]([O-])CC2)cc1)SCc1cc(N2CCCC2=O)ccc1CCNC. The Morgan fingerprint density at radius 3 is 2.56 bits per heavy atom. The maximum atomic E-state index is 12.3. The van der Waals surface area contributed by atoms with Crippen molar-refractivity contribution in [2.24, 2.45) is 4.99 Å². The number of hydrogen-bond donors (Lipinski definition) is 1. The molecule has 0 spiro atoms. The molecule has 2 saturated heterocycles. The molecule has 1 amide bonds. The van der Waals surface area contributed by atoms with Crippen LogP contribution in [-0.4, -0.2) is 61.9 Å². The minimum absolute atomic E-state index is 0.217. The fourth-order valence-electron chi connectivity index (χ4n) is 4.67. The maximum Gasteiger partial charge on any atom is 0.227 e. The lowest BCUT2D eigenvalue weighted by atomic mass is 10.0. The van der Waals surface area contributed by atoms with Gasteiger partial charge in [-0.15, -0.1) is 11.8 Å². The molecule has 2 aliphatic rings. The summed E-state index contributed by atoms with van der Waals surface area (Å²) in [6.07, 6.45) is 5.17. The highest BCUT2D eigenvalue weighted by Crippen LogP contribution is 2.31. The van der Waals surface area contributed by atoms with Crippen molar-refractivity contribution in [3.8, 4) is 0 Å². The smallest absolute Gasteiger partial charge is 0.227 e. The quantitative estimate of drug-likeness (QED) is 0.353. The van der Waals surface area contributed by atoms with Gasteiger partial charge in [-0.3, -0.25) is 9.79 Å². The van der Waals surface area contributed by atoms with Crippen LogP contribution in [0, 0.1) is 0 Å². The maximum absolute atomic E-state index is 12.3. The lowest BCUT2D eigenvalue weighted by molar-refractivity contribution is -0.117. The Morgan fingerprint density at radius 2 is 1.89 bits per heavy atom. The Hall–Kier alpha value is -2.26. The number of amides is 1. The average Bonchev–Trinajstić information content (AvgIpc) is 3.33. The summed E-state index contributed by atoms with van der Waals surface area (Å²) in [5, 5.41) is 3.24. The van der Waals surface area contributed by atoms with E-state index in [1.54, 1.807) is 11.8 Å². The molecular weight excluding hydrogens is 488 g/mol. The van der Waals surface area contributed by atoms with E-state index in [1.807, 2.05) is 18.1 Å². The summed E-state index contributed by atoms with van der Waals surface area (Å²) < 4.78 is 11.7. The fraction of sp³-hybridized carbons (Fsp3) is 0.429. The molecule has 36 heavy (non-hydrogen) atoms. The van der Waals surface area contributed by atoms with Gasteiger partial charge in [-0.2, -0.15) is 0 Å². The van der Waals surface area contributed by atoms with E-state index in [4.69, 9.17) is 0 Å². The Balaban J connectivity index is 1.43. The summed E-state index contributed by atoms with van der Waals surface area (Å²) >= 11 is 1.12. The Bertz CT molecular complexity index is 1070. The van der Waals surface area contributed by atoms with Gasteiger partial charge in [-0.25, -0.2) is 0 Å². The molecule has 2 aliphatic heterocycles. The lowest BCUT2D eigenvalue weighted by Gasteiger charge is -2.30. The zero-order chi connectivity index (χ0) is 25.3. The standard InChI is InChI=1S/C28H36N4O2S2/c1-29-12-11-23-7-10-26(32-13-3-4-28(32)33)19-24(23)21-35-27(20-30-2)18-22-5-8-25(9-6-22)31-14-16-36(34)17-15-31/h5-10,19-20,29H,2-4,11-18,21H2,1H3/b27-20-. The molecule has 192 valence electrons. The van der Waals surface area contributed by atoms with Crippen LogP contribution in [0.3, 0.4) is 0 Å². The van der Waals surface area contributed by atoms with Gasteiger partial charge >= 0.3 is 0 Å². The second-order valence-electron chi connectivity index (χ2n) is 9.20. The molecule has 0 aromatic heterocycles. The molecule has 2 fully saturated rings. The van der Waals surface area contributed by atoms with Crippen LogP contribution in [0.5, 0.6) is 0 Å². The molecule has 2 heterocycles. The van der Waals surface area contributed by atoms with Crippen LogP contribution in [0.25, 0.3) is 0 Å². The van der Waals surface area contributed by atoms with E-state index in [9.17, 15) is 9.35 Å². The number of carbonyl (C=O) groups excluding carboxylic acids is 1. The van der Waals surface area contributed by atoms with Crippen LogP contribution < -0.4 is 15.1 Å². The average molecular weight is 525 g/mol. The summed E-state index contributed by atoms with van der Waals surface area (Å²) in [6.45, 7) is 7.11. The van der Waals surface area contributed by atoms with Crippen molar-refractivity contribution in [2.75, 3.05) is 54.5 Å². The molecule has 1 N–H and O–H groups in total. The topological polar surface area (TPSA) is 71.0 Å². The van der Waals surface area contributed by atoms with Crippen molar-refractivity contribution >= 4 is 46.9 Å². The number of benzene rings is 2. The third kappa shape index (κ3) is 7.16. The first kappa shape index (κ1) is 26.8. The van der Waals surface area contributed by atoms with E-state index in [1.165, 1.54) is 22.4 Å². The number of thioether (sulfide) groups is 1.